The SMILES string of the molecule is CCC1=CC2=C(C=CC=CC2c2ccc(C(C)(C)C)c(Cl)c2)C1C[SiH2]CC1C(CC)=CC2=C1C=CC=CC2c1ccc(C(C)(C)C)c(Cl)c1. The third-order valence-electron chi connectivity index (χ3n) is 11.2. The van der Waals surface area contributed by atoms with E-state index in [4.69, 9.17) is 23.2 Å². The lowest BCUT2D eigenvalue weighted by Crippen LogP contribution is -2.13. The minimum atomic E-state index is -0.363. The molecule has 0 saturated heterocycles. The van der Waals surface area contributed by atoms with Crippen LogP contribution in [-0.2, 0) is 10.8 Å². The van der Waals surface area contributed by atoms with Crippen LogP contribution in [0.3, 0.4) is 0 Å². The van der Waals surface area contributed by atoms with E-state index in [1.165, 1.54) is 56.6 Å². The lowest BCUT2D eigenvalue weighted by atomic mass is 9.83. The predicted octanol–water partition coefficient (Wildman–Crippen LogP) is 13.2. The van der Waals surface area contributed by atoms with Gasteiger partial charge in [0, 0.05) is 43.2 Å². The highest BCUT2D eigenvalue weighted by atomic mass is 35.5. The van der Waals surface area contributed by atoms with Gasteiger partial charge in [-0.3, -0.25) is 0 Å². The van der Waals surface area contributed by atoms with E-state index in [2.05, 4.69) is 153 Å². The summed E-state index contributed by atoms with van der Waals surface area (Å²) in [4.78, 5) is 0. The van der Waals surface area contributed by atoms with Crippen molar-refractivity contribution in [1.82, 2.24) is 0 Å². The summed E-state index contributed by atoms with van der Waals surface area (Å²) >= 11 is 13.8. The van der Waals surface area contributed by atoms with Crippen molar-refractivity contribution in [3.63, 3.8) is 0 Å². The van der Waals surface area contributed by atoms with Crippen LogP contribution in [0.15, 0.2) is 131 Å². The van der Waals surface area contributed by atoms with Crippen LogP contribution in [0.1, 0.15) is 102 Å². The molecule has 2 aromatic carbocycles. The third-order valence-corrected chi connectivity index (χ3v) is 13.8. The molecule has 4 atom stereocenters. The first-order valence-electron chi connectivity index (χ1n) is 18.5. The third kappa shape index (κ3) is 7.32. The van der Waals surface area contributed by atoms with Crippen LogP contribution in [0.2, 0.25) is 22.1 Å². The highest BCUT2D eigenvalue weighted by molar-refractivity contribution is 6.36. The predicted molar refractivity (Wildman–Crippen MR) is 218 cm³/mol. The number of rotatable bonds is 8. The van der Waals surface area contributed by atoms with Gasteiger partial charge in [-0.1, -0.05) is 187 Å². The van der Waals surface area contributed by atoms with Crippen molar-refractivity contribution in [2.24, 2.45) is 11.8 Å². The molecule has 0 amide bonds. The fourth-order valence-corrected chi connectivity index (χ4v) is 11.9. The van der Waals surface area contributed by atoms with Gasteiger partial charge in [0.25, 0.3) is 0 Å². The molecule has 0 radical (unpaired) electrons. The summed E-state index contributed by atoms with van der Waals surface area (Å²) in [6.45, 7) is 18.1. The maximum absolute atomic E-state index is 6.90. The van der Waals surface area contributed by atoms with Gasteiger partial charge in [-0.2, -0.15) is 0 Å². The van der Waals surface area contributed by atoms with E-state index in [-0.39, 0.29) is 32.2 Å². The zero-order valence-electron chi connectivity index (χ0n) is 30.8. The van der Waals surface area contributed by atoms with Crippen LogP contribution in [-0.4, -0.2) is 9.52 Å². The highest BCUT2D eigenvalue weighted by Gasteiger charge is 2.33. The van der Waals surface area contributed by atoms with Crippen LogP contribution in [0.25, 0.3) is 0 Å². The summed E-state index contributed by atoms with van der Waals surface area (Å²) in [5.41, 5.74) is 14.3. The molecule has 0 fully saturated rings. The van der Waals surface area contributed by atoms with Gasteiger partial charge >= 0.3 is 0 Å². The van der Waals surface area contributed by atoms with Crippen LogP contribution in [0, 0.1) is 11.8 Å². The molecule has 4 aliphatic rings. The Hall–Kier alpha value is -2.84. The summed E-state index contributed by atoms with van der Waals surface area (Å²) < 4.78 is 0. The second kappa shape index (κ2) is 14.4. The molecule has 0 bridgehead atoms. The Morgan fingerprint density at radius 3 is 1.33 bits per heavy atom. The maximum atomic E-state index is 6.90. The van der Waals surface area contributed by atoms with Crippen molar-refractivity contribution in [3.8, 4) is 0 Å². The van der Waals surface area contributed by atoms with Crippen molar-refractivity contribution >= 4 is 32.7 Å². The molecule has 0 spiro atoms. The summed E-state index contributed by atoms with van der Waals surface area (Å²) in [6.07, 6.45) is 25.8. The van der Waals surface area contributed by atoms with E-state index in [0.717, 1.165) is 22.9 Å². The number of hydrogen-bond donors (Lipinski definition) is 0. The average molecular weight is 706 g/mol. The van der Waals surface area contributed by atoms with E-state index >= 15 is 0 Å². The maximum Gasteiger partial charge on any atom is 0.0446 e. The van der Waals surface area contributed by atoms with Crippen LogP contribution in [0.4, 0.5) is 0 Å². The van der Waals surface area contributed by atoms with E-state index in [9.17, 15) is 0 Å². The molecule has 3 heteroatoms. The summed E-state index contributed by atoms with van der Waals surface area (Å²) in [7, 11) is -0.363. The van der Waals surface area contributed by atoms with E-state index in [1.807, 2.05) is 0 Å². The Bertz CT molecular complexity index is 1720. The first kappa shape index (κ1) is 36.0. The summed E-state index contributed by atoms with van der Waals surface area (Å²) in [5, 5.41) is 1.75. The molecule has 4 unspecified atom stereocenters. The van der Waals surface area contributed by atoms with Gasteiger partial charge in [-0.25, -0.2) is 0 Å². The second-order valence-electron chi connectivity index (χ2n) is 16.4. The molecule has 0 N–H and O–H groups in total. The molecule has 0 saturated carbocycles. The number of allylic oxidation sites excluding steroid dienone is 16. The monoisotopic (exact) mass is 704 g/mol. The van der Waals surface area contributed by atoms with Crippen molar-refractivity contribution < 1.29 is 0 Å². The van der Waals surface area contributed by atoms with Gasteiger partial charge in [0.15, 0.2) is 0 Å². The zero-order valence-corrected chi connectivity index (χ0v) is 33.8. The Morgan fingerprint density at radius 1 is 0.571 bits per heavy atom. The average Bonchev–Trinajstić information content (AvgIpc) is 3.37. The molecule has 0 heterocycles. The normalized spacial score (nSPS) is 23.7. The van der Waals surface area contributed by atoms with Gasteiger partial charge in [-0.15, -0.1) is 0 Å². The number of benzene rings is 2. The second-order valence-corrected chi connectivity index (χ2v) is 19.1. The van der Waals surface area contributed by atoms with Crippen LogP contribution < -0.4 is 0 Å². The Balaban J connectivity index is 1.23. The van der Waals surface area contributed by atoms with E-state index in [0.29, 0.717) is 11.8 Å². The molecule has 256 valence electrons. The first-order chi connectivity index (χ1) is 23.3. The van der Waals surface area contributed by atoms with Crippen molar-refractivity contribution in [2.45, 2.75) is 103 Å². The summed E-state index contributed by atoms with van der Waals surface area (Å²) in [6, 6.07) is 16.1. The molecular formula is C46H54Cl2Si. The fourth-order valence-electron chi connectivity index (χ4n) is 8.56. The van der Waals surface area contributed by atoms with E-state index in [1.54, 1.807) is 11.1 Å². The quantitative estimate of drug-likeness (QED) is 0.240. The minimum absolute atomic E-state index is 0.0254. The fraction of sp³-hybridized carbons (Fsp3) is 0.391. The molecular weight excluding hydrogens is 651 g/mol. The standard InChI is InChI=1S/C46H54Cl2Si/c1-9-29-23-37-33(31-19-21-41(43(47)25-31)45(3,4)5)15-11-13-17-35(37)39(29)27-49-28-40-30(10-2)24-38-34(16-12-14-18-36(38)40)32-20-22-42(44(48)26-32)46(6,7)8/h11-26,33-34,39-40H,9-10,27-28,49H2,1-8H3. The zero-order chi connectivity index (χ0) is 35.1. The van der Waals surface area contributed by atoms with Gasteiger partial charge in [0.05, 0.1) is 0 Å². The molecule has 49 heavy (non-hydrogen) atoms. The van der Waals surface area contributed by atoms with E-state index < -0.39 is 0 Å². The molecule has 6 rings (SSSR count). The van der Waals surface area contributed by atoms with Crippen molar-refractivity contribution in [1.29, 1.82) is 0 Å². The minimum Gasteiger partial charge on any atom is -0.0840 e. The van der Waals surface area contributed by atoms with Gasteiger partial charge < -0.3 is 0 Å². The summed E-state index contributed by atoms with van der Waals surface area (Å²) in [5.74, 6) is 1.52. The van der Waals surface area contributed by atoms with Gasteiger partial charge in [0.2, 0.25) is 0 Å². The number of halogens is 2. The van der Waals surface area contributed by atoms with Crippen molar-refractivity contribution in [3.05, 3.63) is 163 Å². The van der Waals surface area contributed by atoms with Crippen molar-refractivity contribution in [2.75, 3.05) is 0 Å². The lowest BCUT2D eigenvalue weighted by Gasteiger charge is -2.23. The molecule has 2 aromatic rings. The molecule has 0 aliphatic heterocycles. The van der Waals surface area contributed by atoms with Crippen LogP contribution >= 0.6 is 23.2 Å². The van der Waals surface area contributed by atoms with Crippen LogP contribution in [0.5, 0.6) is 0 Å². The molecule has 0 nitrogen and oxygen atoms in total. The van der Waals surface area contributed by atoms with Gasteiger partial charge in [0.1, 0.15) is 0 Å². The Kier molecular flexibility index (Phi) is 10.6. The number of hydrogen-bond acceptors (Lipinski definition) is 0. The Labute approximate surface area is 309 Å². The molecule has 4 aliphatic carbocycles. The Morgan fingerprint density at radius 2 is 0.980 bits per heavy atom. The largest absolute Gasteiger partial charge is 0.0840 e. The molecule has 0 aromatic heterocycles. The lowest BCUT2D eigenvalue weighted by molar-refractivity contribution is 0.590. The first-order valence-corrected chi connectivity index (χ1v) is 21.3. The highest BCUT2D eigenvalue weighted by Crippen LogP contribution is 2.48. The topological polar surface area (TPSA) is 0 Å². The van der Waals surface area contributed by atoms with Gasteiger partial charge in [-0.05, 0) is 80.4 Å². The smallest absolute Gasteiger partial charge is 0.0446 e.